The van der Waals surface area contributed by atoms with Crippen LogP contribution in [0.4, 0.5) is 4.79 Å². The van der Waals surface area contributed by atoms with Crippen molar-refractivity contribution in [2.45, 2.75) is 24.8 Å². The minimum absolute atomic E-state index is 0.170. The van der Waals surface area contributed by atoms with Gasteiger partial charge in [0.2, 0.25) is 0 Å². The third kappa shape index (κ3) is 0.535. The highest BCUT2D eigenvalue weighted by Gasteiger charge is 2.61. The molecule has 1 heterocycles. The highest BCUT2D eigenvalue weighted by Crippen LogP contribution is 2.60. The highest BCUT2D eigenvalue weighted by atomic mass is 16.2. The SMILES string of the molecule is O=C1NCCN1C12CC(C1)C2. The van der Waals surface area contributed by atoms with Crippen LogP contribution in [0, 0.1) is 5.92 Å². The standard InChI is InChI=1S/C8H12N2O/c11-7-9-1-2-10(7)8-3-6(4-8)5-8/h6H,1-5H2,(H,9,11). The van der Waals surface area contributed by atoms with E-state index in [1.165, 1.54) is 19.3 Å². The van der Waals surface area contributed by atoms with Gasteiger partial charge >= 0.3 is 6.03 Å². The molecule has 11 heavy (non-hydrogen) atoms. The zero-order valence-corrected chi connectivity index (χ0v) is 6.47. The number of rotatable bonds is 1. The Balaban J connectivity index is 1.82. The topological polar surface area (TPSA) is 32.3 Å². The van der Waals surface area contributed by atoms with Crippen molar-refractivity contribution < 1.29 is 4.79 Å². The third-order valence-corrected chi connectivity index (χ3v) is 3.44. The summed E-state index contributed by atoms with van der Waals surface area (Å²) in [6.45, 7) is 1.79. The second-order valence-corrected chi connectivity index (χ2v) is 4.09. The first-order valence-corrected chi connectivity index (χ1v) is 4.36. The largest absolute Gasteiger partial charge is 0.336 e. The van der Waals surface area contributed by atoms with E-state index in [4.69, 9.17) is 0 Å². The first-order chi connectivity index (χ1) is 5.30. The lowest BCUT2D eigenvalue weighted by atomic mass is 9.49. The zero-order chi connectivity index (χ0) is 7.47. The van der Waals surface area contributed by atoms with Gasteiger partial charge in [-0.1, -0.05) is 0 Å². The summed E-state index contributed by atoms with van der Waals surface area (Å²) in [5.74, 6) is 0.961. The normalized spacial score (nSPS) is 46.4. The van der Waals surface area contributed by atoms with E-state index in [-0.39, 0.29) is 6.03 Å². The Morgan fingerprint density at radius 2 is 2.18 bits per heavy atom. The number of carbonyl (C=O) groups excluding carboxylic acids is 1. The highest BCUT2D eigenvalue weighted by molar-refractivity contribution is 5.77. The minimum atomic E-state index is 0.170. The Labute approximate surface area is 65.7 Å². The van der Waals surface area contributed by atoms with Crippen LogP contribution in [-0.2, 0) is 0 Å². The molecule has 1 aliphatic heterocycles. The fraction of sp³-hybridized carbons (Fsp3) is 0.875. The molecule has 1 N–H and O–H groups in total. The molecular weight excluding hydrogens is 140 g/mol. The van der Waals surface area contributed by atoms with Crippen LogP contribution in [-0.4, -0.2) is 29.6 Å². The lowest BCUT2D eigenvalue weighted by Crippen LogP contribution is -2.68. The maximum Gasteiger partial charge on any atom is 0.317 e. The number of urea groups is 1. The molecule has 0 aromatic heterocycles. The first-order valence-electron chi connectivity index (χ1n) is 4.36. The van der Waals surface area contributed by atoms with E-state index in [0.717, 1.165) is 19.0 Å². The molecule has 2 amide bonds. The van der Waals surface area contributed by atoms with E-state index in [0.29, 0.717) is 5.54 Å². The third-order valence-electron chi connectivity index (χ3n) is 3.44. The summed E-state index contributed by atoms with van der Waals surface area (Å²) in [7, 11) is 0. The Morgan fingerprint density at radius 1 is 1.45 bits per heavy atom. The number of amides is 2. The van der Waals surface area contributed by atoms with Crippen molar-refractivity contribution in [3.05, 3.63) is 0 Å². The van der Waals surface area contributed by atoms with E-state index >= 15 is 0 Å². The van der Waals surface area contributed by atoms with Crippen molar-refractivity contribution >= 4 is 6.03 Å². The van der Waals surface area contributed by atoms with E-state index in [1.807, 2.05) is 4.90 Å². The lowest BCUT2D eigenvalue weighted by Gasteiger charge is -2.65. The van der Waals surface area contributed by atoms with E-state index in [1.54, 1.807) is 0 Å². The van der Waals surface area contributed by atoms with Gasteiger partial charge in [0.05, 0.1) is 0 Å². The number of nitrogens with zero attached hydrogens (tertiary/aromatic N) is 1. The quantitative estimate of drug-likeness (QED) is 0.585. The minimum Gasteiger partial charge on any atom is -0.336 e. The molecule has 0 radical (unpaired) electrons. The monoisotopic (exact) mass is 152 g/mol. The molecule has 0 spiro atoms. The molecule has 0 aromatic rings. The van der Waals surface area contributed by atoms with Gasteiger partial charge in [-0.05, 0) is 25.2 Å². The maximum absolute atomic E-state index is 11.3. The van der Waals surface area contributed by atoms with Crippen molar-refractivity contribution in [1.29, 1.82) is 0 Å². The van der Waals surface area contributed by atoms with E-state index < -0.39 is 0 Å². The van der Waals surface area contributed by atoms with Crippen LogP contribution in [0.25, 0.3) is 0 Å². The van der Waals surface area contributed by atoms with Gasteiger partial charge < -0.3 is 10.2 Å². The van der Waals surface area contributed by atoms with Crippen LogP contribution in [0.15, 0.2) is 0 Å². The van der Waals surface area contributed by atoms with Crippen LogP contribution in [0.1, 0.15) is 19.3 Å². The molecule has 3 aliphatic carbocycles. The van der Waals surface area contributed by atoms with Gasteiger partial charge in [0, 0.05) is 18.6 Å². The van der Waals surface area contributed by atoms with Crippen molar-refractivity contribution in [3.8, 4) is 0 Å². The van der Waals surface area contributed by atoms with Gasteiger partial charge in [-0.3, -0.25) is 0 Å². The van der Waals surface area contributed by atoms with E-state index in [2.05, 4.69) is 5.32 Å². The van der Waals surface area contributed by atoms with E-state index in [9.17, 15) is 4.79 Å². The molecule has 4 rings (SSSR count). The average Bonchev–Trinajstić information content (AvgIpc) is 2.08. The molecule has 4 aliphatic rings. The van der Waals surface area contributed by atoms with Crippen LogP contribution in [0.2, 0.25) is 0 Å². The Bertz CT molecular complexity index is 209. The number of carbonyl (C=O) groups is 1. The number of nitrogens with one attached hydrogen (secondary N) is 1. The van der Waals surface area contributed by atoms with Crippen LogP contribution in [0.5, 0.6) is 0 Å². The number of hydrogen-bond donors (Lipinski definition) is 1. The summed E-state index contributed by atoms with van der Waals surface area (Å²) in [5, 5.41) is 2.86. The molecule has 0 unspecified atom stereocenters. The smallest absolute Gasteiger partial charge is 0.317 e. The fourth-order valence-corrected chi connectivity index (χ4v) is 2.69. The van der Waals surface area contributed by atoms with Gasteiger partial charge in [0.15, 0.2) is 0 Å². The molecule has 1 saturated heterocycles. The molecule has 3 saturated carbocycles. The summed E-state index contributed by atoms with van der Waals surface area (Å²) in [4.78, 5) is 13.3. The summed E-state index contributed by atoms with van der Waals surface area (Å²) in [6, 6.07) is 0.170. The van der Waals surface area contributed by atoms with Crippen LogP contribution >= 0.6 is 0 Å². The molecule has 0 atom stereocenters. The molecule has 60 valence electrons. The van der Waals surface area contributed by atoms with Gasteiger partial charge in [0.1, 0.15) is 0 Å². The van der Waals surface area contributed by atoms with Crippen molar-refractivity contribution in [2.75, 3.05) is 13.1 Å². The van der Waals surface area contributed by atoms with Crippen molar-refractivity contribution in [2.24, 2.45) is 5.92 Å². The molecule has 3 heteroatoms. The predicted molar refractivity (Wildman–Crippen MR) is 40.2 cm³/mol. The fourth-order valence-electron chi connectivity index (χ4n) is 2.69. The van der Waals surface area contributed by atoms with Crippen molar-refractivity contribution in [1.82, 2.24) is 10.2 Å². The van der Waals surface area contributed by atoms with Gasteiger partial charge in [0.25, 0.3) is 0 Å². The summed E-state index contributed by atoms with van der Waals surface area (Å²) >= 11 is 0. The van der Waals surface area contributed by atoms with Crippen molar-refractivity contribution in [3.63, 3.8) is 0 Å². The first kappa shape index (κ1) is 5.86. The van der Waals surface area contributed by atoms with Crippen LogP contribution in [0.3, 0.4) is 0 Å². The second-order valence-electron chi connectivity index (χ2n) is 4.09. The molecular formula is C8H12N2O. The van der Waals surface area contributed by atoms with Gasteiger partial charge in [-0.15, -0.1) is 0 Å². The maximum atomic E-state index is 11.3. The average molecular weight is 152 g/mol. The Morgan fingerprint density at radius 3 is 2.55 bits per heavy atom. The molecule has 4 fully saturated rings. The summed E-state index contributed by atoms with van der Waals surface area (Å²) < 4.78 is 0. The van der Waals surface area contributed by atoms with Gasteiger partial charge in [-0.2, -0.15) is 0 Å². The summed E-state index contributed by atoms with van der Waals surface area (Å²) in [6.07, 6.45) is 3.83. The zero-order valence-electron chi connectivity index (χ0n) is 6.47. The number of hydrogen-bond acceptors (Lipinski definition) is 1. The summed E-state index contributed by atoms with van der Waals surface area (Å²) in [5.41, 5.74) is 0.339. The predicted octanol–water partition coefficient (Wildman–Crippen LogP) is 0.564. The Kier molecular flexibility index (Phi) is 0.822. The molecule has 2 bridgehead atoms. The molecule has 3 nitrogen and oxygen atoms in total. The van der Waals surface area contributed by atoms with Crippen LogP contribution < -0.4 is 5.32 Å². The molecule has 0 aromatic carbocycles. The van der Waals surface area contributed by atoms with Gasteiger partial charge in [-0.25, -0.2) is 4.79 Å². The Hall–Kier alpha value is -0.730. The second kappa shape index (κ2) is 1.54. The lowest BCUT2D eigenvalue weighted by molar-refractivity contribution is -0.113.